The molecule has 0 aromatic heterocycles. The molecule has 3 fully saturated rings. The molecule has 2 aromatic rings. The number of fused-ring (bicyclic) bond motifs is 3. The molecule has 4 aliphatic rings. The van der Waals surface area contributed by atoms with E-state index in [0.29, 0.717) is 29.1 Å². The average Bonchev–Trinajstić information content (AvgIpc) is 3.41. The summed E-state index contributed by atoms with van der Waals surface area (Å²) in [6.07, 6.45) is 0.588. The van der Waals surface area contributed by atoms with Crippen LogP contribution in [0.4, 0.5) is 18.9 Å². The minimum absolute atomic E-state index is 0.0400. The van der Waals surface area contributed by atoms with Crippen molar-refractivity contribution >= 4 is 40.7 Å². The van der Waals surface area contributed by atoms with Crippen LogP contribution in [0, 0.1) is 11.2 Å². The van der Waals surface area contributed by atoms with E-state index in [2.05, 4.69) is 16.0 Å². The second kappa shape index (κ2) is 10.4. The molecule has 5 atom stereocenters. The lowest BCUT2D eigenvalue weighted by atomic mass is 9.46. The van der Waals surface area contributed by atoms with E-state index in [-0.39, 0.29) is 48.8 Å². The first kappa shape index (κ1) is 28.7. The number of halogens is 5. The van der Waals surface area contributed by atoms with E-state index in [9.17, 15) is 23.5 Å². The summed E-state index contributed by atoms with van der Waals surface area (Å²) in [6.45, 7) is -1.85. The second-order valence-corrected chi connectivity index (χ2v) is 12.7. The lowest BCUT2D eigenvalue weighted by Crippen LogP contribution is -2.70. The van der Waals surface area contributed by atoms with Gasteiger partial charge in [-0.1, -0.05) is 41.4 Å². The van der Waals surface area contributed by atoms with Crippen molar-refractivity contribution in [1.82, 2.24) is 10.6 Å². The highest BCUT2D eigenvalue weighted by Gasteiger charge is 2.78. The number of ether oxygens (including phenoxy) is 1. The van der Waals surface area contributed by atoms with Crippen molar-refractivity contribution in [3.05, 3.63) is 63.4 Å². The van der Waals surface area contributed by atoms with Crippen LogP contribution in [-0.4, -0.2) is 67.2 Å². The van der Waals surface area contributed by atoms with Gasteiger partial charge in [0.2, 0.25) is 11.8 Å². The Hall–Kier alpha value is -2.37. The van der Waals surface area contributed by atoms with E-state index < -0.39 is 59.3 Å². The van der Waals surface area contributed by atoms with Crippen LogP contribution in [-0.2, 0) is 19.7 Å². The fraction of sp³-hybridized carbons (Fsp3) is 0.517. The number of aliphatic hydroxyl groups excluding tert-OH is 1. The van der Waals surface area contributed by atoms with Gasteiger partial charge in [-0.2, -0.15) is 0 Å². The van der Waals surface area contributed by atoms with Gasteiger partial charge in [0.25, 0.3) is 0 Å². The zero-order valence-corrected chi connectivity index (χ0v) is 23.5. The first-order chi connectivity index (χ1) is 19.6. The Kier molecular flexibility index (Phi) is 7.30. The van der Waals surface area contributed by atoms with Crippen LogP contribution in [0.3, 0.4) is 0 Å². The van der Waals surface area contributed by atoms with Crippen LogP contribution in [0.2, 0.25) is 10.0 Å². The molecule has 2 saturated heterocycles. The van der Waals surface area contributed by atoms with Crippen molar-refractivity contribution in [2.45, 2.75) is 60.7 Å². The molecule has 4 N–H and O–H groups in total. The predicted octanol–water partition coefficient (Wildman–Crippen LogP) is 4.19. The largest absolute Gasteiger partial charge is 0.394 e. The van der Waals surface area contributed by atoms with Crippen molar-refractivity contribution in [3.8, 4) is 0 Å². The van der Waals surface area contributed by atoms with E-state index in [1.54, 1.807) is 24.3 Å². The highest BCUT2D eigenvalue weighted by Crippen LogP contribution is 2.68. The number of aliphatic hydroxyl groups is 1. The van der Waals surface area contributed by atoms with Crippen molar-refractivity contribution in [2.24, 2.45) is 5.41 Å². The molecule has 0 bridgehead atoms. The van der Waals surface area contributed by atoms with Gasteiger partial charge in [-0.05, 0) is 55.0 Å². The van der Waals surface area contributed by atoms with Crippen LogP contribution in [0.1, 0.15) is 42.7 Å². The summed E-state index contributed by atoms with van der Waals surface area (Å²) < 4.78 is 50.0. The molecule has 7 nitrogen and oxygen atoms in total. The number of rotatable bonds is 6. The van der Waals surface area contributed by atoms with E-state index in [0.717, 1.165) is 0 Å². The number of alkyl halides is 2. The Balaban J connectivity index is 1.50. The van der Waals surface area contributed by atoms with Gasteiger partial charge in [-0.25, -0.2) is 4.39 Å². The third-order valence-electron chi connectivity index (χ3n) is 9.44. The lowest BCUT2D eigenvalue weighted by molar-refractivity contribution is -0.131. The van der Waals surface area contributed by atoms with Crippen molar-refractivity contribution in [1.29, 1.82) is 0 Å². The lowest BCUT2D eigenvalue weighted by Gasteiger charge is -2.59. The second-order valence-electron chi connectivity index (χ2n) is 11.8. The third kappa shape index (κ3) is 4.20. The smallest absolute Gasteiger partial charge is 0.238 e. The van der Waals surface area contributed by atoms with Gasteiger partial charge in [-0.15, -0.1) is 0 Å². The summed E-state index contributed by atoms with van der Waals surface area (Å²) in [4.78, 5) is 28.3. The summed E-state index contributed by atoms with van der Waals surface area (Å²) in [5.74, 6) is -2.93. The number of carbonyl (C=O) groups is 2. The predicted molar refractivity (Wildman–Crippen MR) is 147 cm³/mol. The van der Waals surface area contributed by atoms with Crippen LogP contribution < -0.4 is 16.0 Å². The zero-order chi connectivity index (χ0) is 29.2. The molecule has 3 heterocycles. The van der Waals surface area contributed by atoms with Crippen molar-refractivity contribution < 1.29 is 32.6 Å². The SMILES string of the molecule is O=C(N[C@@H]1CC[C@@H](CO)OC1)[C@@H]1NC2(CC(CF)(CF)C2)[C@@]2(C(=O)Nc3cc(Cl)ccc32)C1c1cccc(Cl)c1F. The van der Waals surface area contributed by atoms with Crippen LogP contribution in [0.25, 0.3) is 0 Å². The normalized spacial score (nSPS) is 31.1. The number of carbonyl (C=O) groups excluding carboxylic acids is 2. The van der Waals surface area contributed by atoms with Crippen LogP contribution in [0.15, 0.2) is 36.4 Å². The molecule has 0 radical (unpaired) electrons. The molecule has 12 heteroatoms. The molecule has 1 aliphatic carbocycles. The van der Waals surface area contributed by atoms with Gasteiger partial charge < -0.3 is 20.5 Å². The molecule has 1 unspecified atom stereocenters. The maximum atomic E-state index is 15.9. The number of nitrogens with one attached hydrogen (secondary N) is 3. The van der Waals surface area contributed by atoms with Gasteiger partial charge >= 0.3 is 0 Å². The average molecular weight is 612 g/mol. The fourth-order valence-electron chi connectivity index (χ4n) is 7.71. The molecule has 1 saturated carbocycles. The standard InChI is InChI=1S/C29H30Cl2F3N3O4/c30-15-4-7-19-21(8-15)36-26(40)29(19)22(18-2-1-3-20(31)23(18)34)24(37-28(29)11-27(12-28,13-32)14-33)25(39)35-16-5-6-17(9-38)41-10-16/h1-4,7-8,16-17,22,24,37-38H,5-6,9-14H2,(H,35,39)(H,36,40)/t16-,17+,22?,24-,29-/m1/s1. The third-order valence-corrected chi connectivity index (χ3v) is 9.97. The first-order valence-electron chi connectivity index (χ1n) is 13.6. The molecule has 2 amide bonds. The first-order valence-corrected chi connectivity index (χ1v) is 14.4. The van der Waals surface area contributed by atoms with Gasteiger partial charge in [0.15, 0.2) is 0 Å². The Morgan fingerprint density at radius 1 is 1.15 bits per heavy atom. The summed E-state index contributed by atoms with van der Waals surface area (Å²) in [7, 11) is 0. The topological polar surface area (TPSA) is 99.7 Å². The minimum Gasteiger partial charge on any atom is -0.394 e. The van der Waals surface area contributed by atoms with Crippen LogP contribution in [0.5, 0.6) is 0 Å². The highest BCUT2D eigenvalue weighted by atomic mass is 35.5. The number of benzene rings is 2. The molecule has 41 heavy (non-hydrogen) atoms. The molecule has 2 spiro atoms. The minimum atomic E-state index is -1.61. The van der Waals surface area contributed by atoms with Gasteiger partial charge in [-0.3, -0.25) is 23.7 Å². The van der Waals surface area contributed by atoms with E-state index in [1.165, 1.54) is 12.1 Å². The Morgan fingerprint density at radius 2 is 1.90 bits per heavy atom. The fourth-order valence-corrected chi connectivity index (χ4v) is 8.07. The van der Waals surface area contributed by atoms with E-state index >= 15 is 4.39 Å². The van der Waals surface area contributed by atoms with Gasteiger partial charge in [0.05, 0.1) is 49.8 Å². The molecular formula is C29H30Cl2F3N3O4. The number of amides is 2. The van der Waals surface area contributed by atoms with Gasteiger partial charge in [0.1, 0.15) is 11.2 Å². The van der Waals surface area contributed by atoms with Crippen molar-refractivity contribution in [2.75, 3.05) is 31.9 Å². The Bertz CT molecular complexity index is 1380. The summed E-state index contributed by atoms with van der Waals surface area (Å²) in [6, 6.07) is 7.69. The monoisotopic (exact) mass is 611 g/mol. The molecule has 220 valence electrons. The maximum absolute atomic E-state index is 15.9. The zero-order valence-electron chi connectivity index (χ0n) is 22.0. The number of hydrogen-bond donors (Lipinski definition) is 4. The molecule has 3 aliphatic heterocycles. The highest BCUT2D eigenvalue weighted by molar-refractivity contribution is 6.31. The summed E-state index contributed by atoms with van der Waals surface area (Å²) in [5.41, 5.74) is -3.32. The Labute approximate surface area is 245 Å². The molecule has 2 aromatic carbocycles. The van der Waals surface area contributed by atoms with E-state index in [1.807, 2.05) is 0 Å². The number of anilines is 1. The van der Waals surface area contributed by atoms with Gasteiger partial charge in [0, 0.05) is 27.6 Å². The van der Waals surface area contributed by atoms with Crippen molar-refractivity contribution in [3.63, 3.8) is 0 Å². The summed E-state index contributed by atoms with van der Waals surface area (Å²) in [5, 5.41) is 18.7. The quantitative estimate of drug-likeness (QED) is 0.392. The maximum Gasteiger partial charge on any atom is 0.238 e. The summed E-state index contributed by atoms with van der Waals surface area (Å²) >= 11 is 12.5. The number of hydrogen-bond acceptors (Lipinski definition) is 5. The van der Waals surface area contributed by atoms with Crippen LogP contribution >= 0.6 is 23.2 Å². The molecule has 6 rings (SSSR count). The van der Waals surface area contributed by atoms with E-state index in [4.69, 9.17) is 27.9 Å². The molecular weight excluding hydrogens is 582 g/mol. The Morgan fingerprint density at radius 3 is 2.56 bits per heavy atom.